The van der Waals surface area contributed by atoms with Crippen molar-refractivity contribution in [1.29, 1.82) is 0 Å². The zero-order chi connectivity index (χ0) is 25.1. The molecule has 0 radical (unpaired) electrons. The smallest absolute Gasteiger partial charge is 0.378 e. The lowest BCUT2D eigenvalue weighted by atomic mass is 9.77. The van der Waals surface area contributed by atoms with Gasteiger partial charge in [-0.2, -0.15) is 4.89 Å². The van der Waals surface area contributed by atoms with Crippen molar-refractivity contribution in [1.82, 2.24) is 0 Å². The second-order valence-corrected chi connectivity index (χ2v) is 14.0. The Balaban J connectivity index is 2.61. The van der Waals surface area contributed by atoms with Crippen LogP contribution in [0.4, 0.5) is 4.79 Å². The lowest BCUT2D eigenvalue weighted by Gasteiger charge is -2.36. The van der Waals surface area contributed by atoms with Crippen LogP contribution in [0.15, 0.2) is 0 Å². The van der Waals surface area contributed by atoms with Crippen LogP contribution in [-0.2, 0) is 19.1 Å². The summed E-state index contributed by atoms with van der Waals surface area (Å²) in [6.07, 6.45) is 18.8. The Hall–Kier alpha value is -0.0700. The Morgan fingerprint density at radius 2 is 1.56 bits per heavy atom. The number of hydrogen-bond acceptors (Lipinski definition) is 6. The molecule has 1 N–H and O–H groups in total. The summed E-state index contributed by atoms with van der Waals surface area (Å²) in [5.41, 5.74) is -1.17. The van der Waals surface area contributed by atoms with Crippen LogP contribution < -0.4 is 0 Å². The summed E-state index contributed by atoms with van der Waals surface area (Å²) in [4.78, 5) is 31.7. The van der Waals surface area contributed by atoms with Crippen LogP contribution in [0.5, 0.6) is 0 Å². The number of carbonyl (C=O) groups is 1. The topological polar surface area (TPSA) is 82.1 Å². The second-order valence-electron chi connectivity index (χ2n) is 9.72. The molecule has 3 unspecified atom stereocenters. The van der Waals surface area contributed by atoms with Gasteiger partial charge in [-0.25, -0.2) is 4.79 Å². The third-order valence-corrected chi connectivity index (χ3v) is 10.1. The van der Waals surface area contributed by atoms with Crippen molar-refractivity contribution in [2.24, 2.45) is 11.8 Å². The molecule has 0 aromatic carbocycles. The van der Waals surface area contributed by atoms with E-state index >= 15 is 0 Å². The van der Waals surface area contributed by atoms with Crippen LogP contribution in [0, 0.1) is 11.8 Å². The highest BCUT2D eigenvalue weighted by Crippen LogP contribution is 2.57. The molecule has 202 valence electrons. The minimum Gasteiger partial charge on any atom is -0.378 e. The van der Waals surface area contributed by atoms with E-state index in [0.29, 0.717) is 18.1 Å². The standard InChI is InChI=1S/C26H51O6PS/c1-4-7-8-9-10-11-12-16-21-30-25(17-5-2)24(23-18-14-13-15-19-23)22-34-33(28,29)26(27)32-31-20-6-3/h23-25H,4-22H2,1-3H3,(H,28,29). The molecule has 0 aromatic rings. The average Bonchev–Trinajstić information content (AvgIpc) is 2.83. The van der Waals surface area contributed by atoms with Crippen molar-refractivity contribution in [2.75, 3.05) is 19.0 Å². The first-order valence-corrected chi connectivity index (χ1v) is 17.1. The molecule has 0 amide bonds. The van der Waals surface area contributed by atoms with Gasteiger partial charge in [-0.05, 0) is 31.1 Å². The summed E-state index contributed by atoms with van der Waals surface area (Å²) >= 11 is 0.834. The van der Waals surface area contributed by atoms with Crippen molar-refractivity contribution in [3.63, 3.8) is 0 Å². The van der Waals surface area contributed by atoms with Crippen molar-refractivity contribution in [3.8, 4) is 0 Å². The van der Waals surface area contributed by atoms with Crippen LogP contribution in [0.3, 0.4) is 0 Å². The van der Waals surface area contributed by atoms with Crippen LogP contribution in [-0.4, -0.2) is 35.7 Å². The molecule has 1 saturated carbocycles. The van der Waals surface area contributed by atoms with Gasteiger partial charge in [-0.15, -0.1) is 0 Å². The van der Waals surface area contributed by atoms with Gasteiger partial charge in [0.25, 0.3) is 0 Å². The maximum absolute atomic E-state index is 12.6. The fraction of sp³-hybridized carbons (Fsp3) is 0.962. The molecular formula is C26H51O6PS. The highest BCUT2D eigenvalue weighted by atomic mass is 32.7. The van der Waals surface area contributed by atoms with E-state index in [1.165, 1.54) is 64.2 Å². The summed E-state index contributed by atoms with van der Waals surface area (Å²) in [6, 6.07) is 0. The predicted molar refractivity (Wildman–Crippen MR) is 142 cm³/mol. The number of hydrogen-bond donors (Lipinski definition) is 1. The van der Waals surface area contributed by atoms with E-state index in [1.807, 2.05) is 6.92 Å². The Kier molecular flexibility index (Phi) is 18.8. The first kappa shape index (κ1) is 32.0. The van der Waals surface area contributed by atoms with E-state index in [1.54, 1.807) is 0 Å². The minimum absolute atomic E-state index is 0.0671. The number of rotatable bonds is 21. The van der Waals surface area contributed by atoms with Crippen LogP contribution >= 0.6 is 18.0 Å². The molecule has 34 heavy (non-hydrogen) atoms. The molecule has 1 fully saturated rings. The van der Waals surface area contributed by atoms with Gasteiger partial charge in [0.05, 0.1) is 12.7 Å². The maximum Gasteiger partial charge on any atom is 0.434 e. The average molecular weight is 523 g/mol. The molecule has 1 aliphatic rings. The van der Waals surface area contributed by atoms with Gasteiger partial charge < -0.3 is 9.63 Å². The van der Waals surface area contributed by atoms with E-state index in [4.69, 9.17) is 9.62 Å². The van der Waals surface area contributed by atoms with Crippen LogP contribution in [0.2, 0.25) is 0 Å². The Labute approximate surface area is 212 Å². The lowest BCUT2D eigenvalue weighted by molar-refractivity contribution is -0.230. The fourth-order valence-corrected chi connectivity index (χ4v) is 7.39. The number of unbranched alkanes of at least 4 members (excludes halogenated alkanes) is 7. The summed E-state index contributed by atoms with van der Waals surface area (Å²) in [7, 11) is 0. The molecule has 1 rings (SSSR count). The van der Waals surface area contributed by atoms with E-state index in [2.05, 4.69) is 18.7 Å². The lowest BCUT2D eigenvalue weighted by Crippen LogP contribution is -2.34. The van der Waals surface area contributed by atoms with E-state index in [9.17, 15) is 14.3 Å². The SMILES string of the molecule is CCCCCCCCCCOC(CCC)C(CSP(=O)(O)C(=O)OOCCC)C1CCCCC1. The van der Waals surface area contributed by atoms with Crippen LogP contribution in [0.25, 0.3) is 0 Å². The molecule has 0 heterocycles. The summed E-state index contributed by atoms with van der Waals surface area (Å²) in [5, 5.41) is 0. The maximum atomic E-state index is 12.6. The molecule has 8 heteroatoms. The summed E-state index contributed by atoms with van der Waals surface area (Å²) in [5.74, 6) is 1.08. The van der Waals surface area contributed by atoms with Gasteiger partial charge in [0.1, 0.15) is 0 Å². The molecule has 3 atom stereocenters. The normalized spacial score (nSPS) is 18.4. The molecular weight excluding hydrogens is 471 g/mol. The highest BCUT2D eigenvalue weighted by molar-refractivity contribution is 8.60. The minimum atomic E-state index is -4.17. The van der Waals surface area contributed by atoms with Crippen molar-refractivity contribution in [3.05, 3.63) is 0 Å². The first-order valence-electron chi connectivity index (χ1n) is 13.9. The molecule has 0 saturated heterocycles. The quantitative estimate of drug-likeness (QED) is 0.0697. The molecule has 0 bridgehead atoms. The zero-order valence-corrected chi connectivity index (χ0v) is 23.7. The monoisotopic (exact) mass is 522 g/mol. The van der Waals surface area contributed by atoms with E-state index < -0.39 is 12.3 Å². The third-order valence-electron chi connectivity index (χ3n) is 6.73. The predicted octanol–water partition coefficient (Wildman–Crippen LogP) is 8.91. The fourth-order valence-electron chi connectivity index (χ4n) is 4.75. The Morgan fingerprint density at radius 3 is 2.18 bits per heavy atom. The Morgan fingerprint density at radius 1 is 0.912 bits per heavy atom. The van der Waals surface area contributed by atoms with Crippen molar-refractivity contribution < 1.29 is 28.8 Å². The summed E-state index contributed by atoms with van der Waals surface area (Å²) < 4.78 is 19.0. The van der Waals surface area contributed by atoms with Crippen molar-refractivity contribution >= 4 is 23.7 Å². The highest BCUT2D eigenvalue weighted by Gasteiger charge is 2.38. The largest absolute Gasteiger partial charge is 0.434 e. The molecule has 0 aliphatic heterocycles. The third kappa shape index (κ3) is 13.9. The molecule has 0 aromatic heterocycles. The van der Waals surface area contributed by atoms with Gasteiger partial charge in [-0.1, -0.05) is 116 Å². The molecule has 6 nitrogen and oxygen atoms in total. The van der Waals surface area contributed by atoms with Gasteiger partial charge >= 0.3 is 12.3 Å². The van der Waals surface area contributed by atoms with Gasteiger partial charge in [0.15, 0.2) is 0 Å². The van der Waals surface area contributed by atoms with E-state index in [-0.39, 0.29) is 18.6 Å². The number of carbonyl (C=O) groups excluding carboxylic acids is 1. The van der Waals surface area contributed by atoms with E-state index in [0.717, 1.165) is 50.1 Å². The Bertz CT molecular complexity index is 555. The number of ether oxygens (including phenoxy) is 1. The first-order chi connectivity index (χ1) is 16.5. The van der Waals surface area contributed by atoms with Gasteiger partial charge in [0.2, 0.25) is 0 Å². The summed E-state index contributed by atoms with van der Waals surface area (Å²) in [6.45, 7) is 3.08. The molecule has 1 aliphatic carbocycles. The second kappa shape index (κ2) is 20.0. The van der Waals surface area contributed by atoms with Crippen molar-refractivity contribution in [2.45, 2.75) is 130 Å². The van der Waals surface area contributed by atoms with Crippen LogP contribution in [0.1, 0.15) is 124 Å². The van der Waals surface area contributed by atoms with Gasteiger partial charge in [-0.3, -0.25) is 9.45 Å². The molecule has 0 spiro atoms. The zero-order valence-electron chi connectivity index (χ0n) is 22.0. The van der Waals surface area contributed by atoms with Gasteiger partial charge in [0, 0.05) is 12.4 Å².